The zero-order chi connectivity index (χ0) is 17.5. The average molecular weight is 348 g/mol. The van der Waals surface area contributed by atoms with E-state index in [9.17, 15) is 4.79 Å². The van der Waals surface area contributed by atoms with Crippen molar-refractivity contribution in [2.45, 2.75) is 26.9 Å². The zero-order valence-electron chi connectivity index (χ0n) is 14.1. The quantitative estimate of drug-likeness (QED) is 0.772. The molecule has 128 valence electrons. The Morgan fingerprint density at radius 3 is 2.46 bits per heavy atom. The zero-order valence-corrected chi connectivity index (χ0v) is 14.9. The molecule has 4 nitrogen and oxygen atoms in total. The van der Waals surface area contributed by atoms with E-state index in [4.69, 9.17) is 21.1 Å². The molecule has 0 bridgehead atoms. The molecule has 1 atom stereocenters. The Bertz CT molecular complexity index is 686. The summed E-state index contributed by atoms with van der Waals surface area (Å²) >= 11 is 6.04. The Balaban J connectivity index is 1.72. The minimum absolute atomic E-state index is 0.180. The number of hydrogen-bond donors (Lipinski definition) is 1. The SMILES string of the molecule is Cc1ccc(O[C@H](C)C(=O)NCCOc2ccc(C)c(Cl)c2)cc1. The minimum Gasteiger partial charge on any atom is -0.492 e. The van der Waals surface area contributed by atoms with Crippen LogP contribution >= 0.6 is 11.6 Å². The third-order valence-corrected chi connectivity index (χ3v) is 3.92. The van der Waals surface area contributed by atoms with Gasteiger partial charge in [0.15, 0.2) is 6.10 Å². The fourth-order valence-corrected chi connectivity index (χ4v) is 2.20. The monoisotopic (exact) mass is 347 g/mol. The third kappa shape index (κ3) is 5.46. The van der Waals surface area contributed by atoms with Crippen LogP contribution in [-0.2, 0) is 4.79 Å². The third-order valence-electron chi connectivity index (χ3n) is 3.52. The van der Waals surface area contributed by atoms with Crippen LogP contribution in [0.2, 0.25) is 5.02 Å². The van der Waals surface area contributed by atoms with Crippen molar-refractivity contribution in [3.05, 3.63) is 58.6 Å². The second-order valence-corrected chi connectivity index (χ2v) is 6.03. The summed E-state index contributed by atoms with van der Waals surface area (Å²) in [4.78, 5) is 12.0. The predicted molar refractivity (Wildman–Crippen MR) is 96.0 cm³/mol. The van der Waals surface area contributed by atoms with Crippen molar-refractivity contribution in [2.75, 3.05) is 13.2 Å². The number of carbonyl (C=O) groups is 1. The van der Waals surface area contributed by atoms with Crippen LogP contribution in [0.1, 0.15) is 18.1 Å². The van der Waals surface area contributed by atoms with Crippen molar-refractivity contribution in [3.63, 3.8) is 0 Å². The van der Waals surface area contributed by atoms with Gasteiger partial charge in [-0.25, -0.2) is 0 Å². The molecule has 0 aliphatic rings. The first-order valence-corrected chi connectivity index (χ1v) is 8.23. The molecule has 0 aliphatic heterocycles. The van der Waals surface area contributed by atoms with Crippen LogP contribution in [0.15, 0.2) is 42.5 Å². The van der Waals surface area contributed by atoms with Crippen LogP contribution in [-0.4, -0.2) is 25.2 Å². The van der Waals surface area contributed by atoms with Gasteiger partial charge in [-0.1, -0.05) is 35.4 Å². The molecule has 0 aromatic heterocycles. The number of rotatable bonds is 7. The van der Waals surface area contributed by atoms with Gasteiger partial charge in [0, 0.05) is 5.02 Å². The molecule has 0 radical (unpaired) electrons. The maximum Gasteiger partial charge on any atom is 0.260 e. The van der Waals surface area contributed by atoms with E-state index in [1.165, 1.54) is 0 Å². The van der Waals surface area contributed by atoms with Gasteiger partial charge in [0.05, 0.1) is 6.54 Å². The average Bonchev–Trinajstić information content (AvgIpc) is 2.56. The molecular weight excluding hydrogens is 326 g/mol. The van der Waals surface area contributed by atoms with Gasteiger partial charge in [-0.05, 0) is 50.6 Å². The first-order chi connectivity index (χ1) is 11.5. The lowest BCUT2D eigenvalue weighted by Crippen LogP contribution is -2.38. The molecule has 0 unspecified atom stereocenters. The minimum atomic E-state index is -0.568. The number of nitrogens with one attached hydrogen (secondary N) is 1. The molecule has 0 spiro atoms. The molecule has 2 rings (SSSR count). The number of ether oxygens (including phenoxy) is 2. The van der Waals surface area contributed by atoms with Gasteiger partial charge >= 0.3 is 0 Å². The van der Waals surface area contributed by atoms with E-state index in [-0.39, 0.29) is 5.91 Å². The van der Waals surface area contributed by atoms with E-state index >= 15 is 0 Å². The van der Waals surface area contributed by atoms with Gasteiger partial charge in [-0.15, -0.1) is 0 Å². The summed E-state index contributed by atoms with van der Waals surface area (Å²) in [5, 5.41) is 3.45. The molecule has 1 N–H and O–H groups in total. The largest absolute Gasteiger partial charge is 0.492 e. The van der Waals surface area contributed by atoms with Gasteiger partial charge in [0.1, 0.15) is 18.1 Å². The summed E-state index contributed by atoms with van der Waals surface area (Å²) in [6, 6.07) is 13.1. The number of halogens is 1. The Morgan fingerprint density at radius 2 is 1.79 bits per heavy atom. The highest BCUT2D eigenvalue weighted by Gasteiger charge is 2.13. The van der Waals surface area contributed by atoms with Crippen LogP contribution in [0.3, 0.4) is 0 Å². The van der Waals surface area contributed by atoms with Crippen molar-refractivity contribution in [1.82, 2.24) is 5.32 Å². The number of benzene rings is 2. The molecule has 2 aromatic rings. The second-order valence-electron chi connectivity index (χ2n) is 5.62. The van der Waals surface area contributed by atoms with E-state index in [1.54, 1.807) is 13.0 Å². The molecule has 0 fully saturated rings. The lowest BCUT2D eigenvalue weighted by Gasteiger charge is -2.15. The molecule has 0 heterocycles. The molecule has 0 saturated heterocycles. The van der Waals surface area contributed by atoms with Crippen LogP contribution in [0, 0.1) is 13.8 Å². The van der Waals surface area contributed by atoms with E-state index in [0.717, 1.165) is 11.1 Å². The summed E-state index contributed by atoms with van der Waals surface area (Å²) < 4.78 is 11.2. The lowest BCUT2D eigenvalue weighted by atomic mass is 10.2. The van der Waals surface area contributed by atoms with Crippen molar-refractivity contribution in [1.29, 1.82) is 0 Å². The Kier molecular flexibility index (Phi) is 6.50. The maximum absolute atomic E-state index is 12.0. The molecule has 24 heavy (non-hydrogen) atoms. The van der Waals surface area contributed by atoms with Crippen LogP contribution in [0.25, 0.3) is 0 Å². The Hall–Kier alpha value is -2.20. The first kappa shape index (κ1) is 18.1. The van der Waals surface area contributed by atoms with Crippen molar-refractivity contribution in [3.8, 4) is 11.5 Å². The number of amides is 1. The smallest absolute Gasteiger partial charge is 0.260 e. The van der Waals surface area contributed by atoms with Crippen molar-refractivity contribution >= 4 is 17.5 Å². The maximum atomic E-state index is 12.0. The summed E-state index contributed by atoms with van der Waals surface area (Å²) in [7, 11) is 0. The van der Waals surface area contributed by atoms with Gasteiger partial charge < -0.3 is 14.8 Å². The van der Waals surface area contributed by atoms with Crippen LogP contribution in [0.4, 0.5) is 0 Å². The molecule has 2 aromatic carbocycles. The normalized spacial score (nSPS) is 11.7. The number of carbonyl (C=O) groups excluding carboxylic acids is 1. The van der Waals surface area contributed by atoms with Crippen molar-refractivity contribution in [2.24, 2.45) is 0 Å². The van der Waals surface area contributed by atoms with Gasteiger partial charge in [0.2, 0.25) is 0 Å². The van der Waals surface area contributed by atoms with Crippen LogP contribution in [0.5, 0.6) is 11.5 Å². The standard InChI is InChI=1S/C19H22ClNO3/c1-13-4-7-16(8-5-13)24-15(3)19(22)21-10-11-23-17-9-6-14(2)18(20)12-17/h4-9,12,15H,10-11H2,1-3H3,(H,21,22)/t15-/m1/s1. The summed E-state index contributed by atoms with van der Waals surface area (Å²) in [6.07, 6.45) is -0.568. The Morgan fingerprint density at radius 1 is 1.12 bits per heavy atom. The number of hydrogen-bond acceptors (Lipinski definition) is 3. The Labute approximate surface area is 147 Å². The van der Waals surface area contributed by atoms with E-state index in [0.29, 0.717) is 29.7 Å². The highest BCUT2D eigenvalue weighted by Crippen LogP contribution is 2.21. The van der Waals surface area contributed by atoms with Gasteiger partial charge in [-0.2, -0.15) is 0 Å². The molecule has 0 aliphatic carbocycles. The lowest BCUT2D eigenvalue weighted by molar-refractivity contribution is -0.127. The second kappa shape index (κ2) is 8.60. The molecule has 5 heteroatoms. The van der Waals surface area contributed by atoms with Crippen molar-refractivity contribution < 1.29 is 14.3 Å². The van der Waals surface area contributed by atoms with Gasteiger partial charge in [-0.3, -0.25) is 4.79 Å². The first-order valence-electron chi connectivity index (χ1n) is 7.85. The molecule has 0 saturated carbocycles. The van der Waals surface area contributed by atoms with E-state index in [1.807, 2.05) is 50.2 Å². The van der Waals surface area contributed by atoms with E-state index in [2.05, 4.69) is 5.32 Å². The molecular formula is C19H22ClNO3. The predicted octanol–water partition coefficient (Wildman–Crippen LogP) is 3.92. The fourth-order valence-electron chi connectivity index (χ4n) is 2.02. The van der Waals surface area contributed by atoms with Gasteiger partial charge in [0.25, 0.3) is 5.91 Å². The summed E-state index contributed by atoms with van der Waals surface area (Å²) in [6.45, 7) is 6.41. The number of aryl methyl sites for hydroxylation is 2. The summed E-state index contributed by atoms with van der Waals surface area (Å²) in [5.74, 6) is 1.18. The molecule has 1 amide bonds. The fraction of sp³-hybridized carbons (Fsp3) is 0.316. The highest BCUT2D eigenvalue weighted by molar-refractivity contribution is 6.31. The topological polar surface area (TPSA) is 47.6 Å². The summed E-state index contributed by atoms with van der Waals surface area (Å²) in [5.41, 5.74) is 2.15. The van der Waals surface area contributed by atoms with E-state index < -0.39 is 6.10 Å². The van der Waals surface area contributed by atoms with Crippen LogP contribution < -0.4 is 14.8 Å². The highest BCUT2D eigenvalue weighted by atomic mass is 35.5.